The molecule has 0 aliphatic carbocycles. The number of aromatic nitrogens is 1. The molecule has 0 unspecified atom stereocenters. The minimum atomic E-state index is -0.343. The lowest BCUT2D eigenvalue weighted by atomic mass is 10.2. The predicted molar refractivity (Wildman–Crippen MR) is 88.7 cm³/mol. The Morgan fingerprint density at radius 1 is 1.39 bits per heavy atom. The second-order valence-electron chi connectivity index (χ2n) is 4.63. The highest BCUT2D eigenvalue weighted by molar-refractivity contribution is 7.17. The first-order chi connectivity index (χ1) is 11.0. The van der Waals surface area contributed by atoms with Gasteiger partial charge in [-0.3, -0.25) is 10.1 Å². The number of rotatable bonds is 5. The van der Waals surface area contributed by atoms with E-state index in [1.54, 1.807) is 6.92 Å². The van der Waals surface area contributed by atoms with E-state index < -0.39 is 0 Å². The largest absolute Gasteiger partial charge is 0.504 e. The number of anilines is 1. The zero-order valence-electron chi connectivity index (χ0n) is 13.2. The molecular formula is C15H17N3O4S. The number of carbonyl (C=O) groups excluding carboxylic acids is 1. The molecule has 0 radical (unpaired) electrons. The summed E-state index contributed by atoms with van der Waals surface area (Å²) in [6, 6.07) is 4.37. The second-order valence-corrected chi connectivity index (χ2v) is 5.63. The first-order valence-corrected chi connectivity index (χ1v) is 7.51. The van der Waals surface area contributed by atoms with Crippen molar-refractivity contribution in [1.29, 1.82) is 0 Å². The molecule has 0 saturated heterocycles. The number of aromatic hydroxyl groups is 1. The number of methoxy groups -OCH3 is 1. The smallest absolute Gasteiger partial charge is 0.257 e. The Hall–Kier alpha value is -2.61. The quantitative estimate of drug-likeness (QED) is 0.647. The number of phenolic OH excluding ortho intramolecular Hbond substituents is 1. The van der Waals surface area contributed by atoms with Gasteiger partial charge < -0.3 is 14.7 Å². The van der Waals surface area contributed by atoms with E-state index in [9.17, 15) is 9.90 Å². The van der Waals surface area contributed by atoms with Crippen LogP contribution < -0.4 is 10.1 Å². The first-order valence-electron chi connectivity index (χ1n) is 6.70. The highest BCUT2D eigenvalue weighted by Crippen LogP contribution is 2.28. The molecule has 2 aromatic rings. The summed E-state index contributed by atoms with van der Waals surface area (Å²) in [6.45, 7) is 3.64. The Bertz CT molecular complexity index is 755. The van der Waals surface area contributed by atoms with Gasteiger partial charge in [0.15, 0.2) is 16.6 Å². The molecule has 1 aromatic heterocycles. The van der Waals surface area contributed by atoms with Crippen molar-refractivity contribution in [2.75, 3.05) is 19.5 Å². The summed E-state index contributed by atoms with van der Waals surface area (Å²) >= 11 is 1.31. The van der Waals surface area contributed by atoms with Gasteiger partial charge >= 0.3 is 0 Å². The minimum Gasteiger partial charge on any atom is -0.504 e. The van der Waals surface area contributed by atoms with E-state index in [2.05, 4.69) is 15.5 Å². The van der Waals surface area contributed by atoms with E-state index in [1.807, 2.05) is 6.92 Å². The van der Waals surface area contributed by atoms with Crippen molar-refractivity contribution in [2.24, 2.45) is 5.16 Å². The van der Waals surface area contributed by atoms with Gasteiger partial charge in [-0.15, -0.1) is 0 Å². The molecule has 0 saturated carbocycles. The van der Waals surface area contributed by atoms with E-state index in [1.165, 1.54) is 43.8 Å². The molecule has 0 bridgehead atoms. The summed E-state index contributed by atoms with van der Waals surface area (Å²) in [5, 5.41) is 16.6. The van der Waals surface area contributed by atoms with E-state index >= 15 is 0 Å². The van der Waals surface area contributed by atoms with E-state index in [0.717, 1.165) is 10.6 Å². The number of oxime groups is 1. The van der Waals surface area contributed by atoms with E-state index in [0.29, 0.717) is 16.4 Å². The normalized spacial score (nSPS) is 11.2. The molecule has 0 fully saturated rings. The Morgan fingerprint density at radius 3 is 2.78 bits per heavy atom. The summed E-state index contributed by atoms with van der Waals surface area (Å²) in [4.78, 5) is 22.2. The highest BCUT2D eigenvalue weighted by atomic mass is 32.1. The van der Waals surface area contributed by atoms with Crippen molar-refractivity contribution in [3.8, 4) is 11.5 Å². The summed E-state index contributed by atoms with van der Waals surface area (Å²) in [5.74, 6) is -0.135. The Kier molecular flexibility index (Phi) is 5.17. The number of hydrogen-bond acceptors (Lipinski definition) is 7. The fourth-order valence-electron chi connectivity index (χ4n) is 1.95. The maximum atomic E-state index is 12.3. The lowest BCUT2D eigenvalue weighted by Gasteiger charge is -2.06. The topological polar surface area (TPSA) is 93.0 Å². The minimum absolute atomic E-state index is 0.0252. The zero-order chi connectivity index (χ0) is 17.0. The van der Waals surface area contributed by atoms with Crippen LogP contribution >= 0.6 is 11.3 Å². The molecule has 0 spiro atoms. The third kappa shape index (κ3) is 3.78. The van der Waals surface area contributed by atoms with Crippen molar-refractivity contribution in [3.05, 3.63) is 34.3 Å². The number of hydrogen-bond donors (Lipinski definition) is 2. The number of carbonyl (C=O) groups is 1. The molecule has 2 N–H and O–H groups in total. The number of benzene rings is 1. The molecule has 0 aliphatic rings. The van der Waals surface area contributed by atoms with Gasteiger partial charge in [0.05, 0.1) is 23.4 Å². The van der Waals surface area contributed by atoms with Crippen molar-refractivity contribution in [1.82, 2.24) is 4.98 Å². The standard InChI is InChI=1S/C15H17N3O4S/c1-8-13(9(2)18-22-4)23-15(16-8)17-14(20)10-5-6-11(19)12(7-10)21-3/h5-7,19H,1-4H3,(H,16,17,20). The number of amides is 1. The molecule has 0 aliphatic heterocycles. The molecule has 8 heteroatoms. The lowest BCUT2D eigenvalue weighted by molar-refractivity contribution is 0.102. The predicted octanol–water partition coefficient (Wildman–Crippen LogP) is 2.79. The number of ether oxygens (including phenoxy) is 1. The summed E-state index contributed by atoms with van der Waals surface area (Å²) in [5.41, 5.74) is 1.80. The van der Waals surface area contributed by atoms with Crippen LogP contribution in [0.3, 0.4) is 0 Å². The van der Waals surface area contributed by atoms with Crippen LogP contribution in [0.5, 0.6) is 11.5 Å². The van der Waals surface area contributed by atoms with Crippen LogP contribution in [0, 0.1) is 6.92 Å². The molecule has 122 valence electrons. The van der Waals surface area contributed by atoms with E-state index in [-0.39, 0.29) is 17.4 Å². The Balaban J connectivity index is 2.21. The van der Waals surface area contributed by atoms with Gasteiger partial charge in [-0.1, -0.05) is 16.5 Å². The van der Waals surface area contributed by atoms with Crippen LogP contribution in [-0.2, 0) is 4.84 Å². The van der Waals surface area contributed by atoms with Gasteiger partial charge in [-0.2, -0.15) is 0 Å². The summed E-state index contributed by atoms with van der Waals surface area (Å²) in [7, 11) is 2.89. The van der Waals surface area contributed by atoms with Crippen molar-refractivity contribution >= 4 is 28.1 Å². The Labute approximate surface area is 137 Å². The highest BCUT2D eigenvalue weighted by Gasteiger charge is 2.15. The fraction of sp³-hybridized carbons (Fsp3) is 0.267. The van der Waals surface area contributed by atoms with Crippen LogP contribution in [0.15, 0.2) is 23.4 Å². The fourth-order valence-corrected chi connectivity index (χ4v) is 2.85. The number of nitrogens with zero attached hydrogens (tertiary/aromatic N) is 2. The molecule has 7 nitrogen and oxygen atoms in total. The molecule has 2 rings (SSSR count). The van der Waals surface area contributed by atoms with Crippen molar-refractivity contribution < 1.29 is 19.5 Å². The Morgan fingerprint density at radius 2 is 2.13 bits per heavy atom. The first kappa shape index (κ1) is 16.8. The monoisotopic (exact) mass is 335 g/mol. The van der Waals surface area contributed by atoms with Crippen LogP contribution in [-0.4, -0.2) is 35.9 Å². The average Bonchev–Trinajstić information content (AvgIpc) is 2.88. The molecule has 23 heavy (non-hydrogen) atoms. The number of aryl methyl sites for hydroxylation is 1. The number of nitrogens with one attached hydrogen (secondary N) is 1. The van der Waals surface area contributed by atoms with Gasteiger partial charge in [0.1, 0.15) is 7.11 Å². The van der Waals surface area contributed by atoms with Gasteiger partial charge in [0.25, 0.3) is 5.91 Å². The third-order valence-electron chi connectivity index (χ3n) is 3.02. The molecule has 0 atom stereocenters. The van der Waals surface area contributed by atoms with Gasteiger partial charge in [0, 0.05) is 5.56 Å². The zero-order valence-corrected chi connectivity index (χ0v) is 14.0. The molecular weight excluding hydrogens is 318 g/mol. The number of thiazole rings is 1. The third-order valence-corrected chi connectivity index (χ3v) is 4.20. The van der Waals surface area contributed by atoms with Crippen LogP contribution in [0.2, 0.25) is 0 Å². The molecule has 1 aromatic carbocycles. The van der Waals surface area contributed by atoms with Gasteiger partial charge in [0.2, 0.25) is 0 Å². The SMILES string of the molecule is CON=C(C)c1sc(NC(=O)c2ccc(O)c(OC)c2)nc1C. The maximum absolute atomic E-state index is 12.3. The molecule has 1 heterocycles. The number of phenols is 1. The van der Waals surface area contributed by atoms with Crippen molar-refractivity contribution in [2.45, 2.75) is 13.8 Å². The lowest BCUT2D eigenvalue weighted by Crippen LogP contribution is -2.11. The van der Waals surface area contributed by atoms with Crippen LogP contribution in [0.4, 0.5) is 5.13 Å². The average molecular weight is 335 g/mol. The second kappa shape index (κ2) is 7.10. The summed E-state index contributed by atoms with van der Waals surface area (Å²) < 4.78 is 4.99. The maximum Gasteiger partial charge on any atom is 0.257 e. The van der Waals surface area contributed by atoms with Crippen LogP contribution in [0.25, 0.3) is 0 Å². The van der Waals surface area contributed by atoms with Gasteiger partial charge in [-0.25, -0.2) is 4.98 Å². The van der Waals surface area contributed by atoms with Gasteiger partial charge in [-0.05, 0) is 32.0 Å². The molecule has 1 amide bonds. The van der Waals surface area contributed by atoms with E-state index in [4.69, 9.17) is 9.57 Å². The van der Waals surface area contributed by atoms with Crippen molar-refractivity contribution in [3.63, 3.8) is 0 Å². The van der Waals surface area contributed by atoms with Crippen LogP contribution in [0.1, 0.15) is 27.9 Å². The summed E-state index contributed by atoms with van der Waals surface area (Å²) in [6.07, 6.45) is 0.